The van der Waals surface area contributed by atoms with Crippen molar-refractivity contribution < 1.29 is 19.4 Å². The second kappa shape index (κ2) is 7.39. The number of aliphatic hydroxyl groups is 1. The van der Waals surface area contributed by atoms with Crippen LogP contribution >= 0.6 is 0 Å². The number of nitrogens with zero attached hydrogens (tertiary/aromatic N) is 2. The van der Waals surface area contributed by atoms with Gasteiger partial charge in [-0.1, -0.05) is 32.9 Å². The number of carbonyl (C=O) groups is 1. The summed E-state index contributed by atoms with van der Waals surface area (Å²) < 4.78 is 14.7. The average Bonchev–Trinajstić information content (AvgIpc) is 2.62. The van der Waals surface area contributed by atoms with Crippen molar-refractivity contribution in [3.63, 3.8) is 0 Å². The minimum Gasteiger partial charge on any atom is -0.503 e. The van der Waals surface area contributed by atoms with Gasteiger partial charge in [0.25, 0.3) is 5.91 Å². The fourth-order valence-corrected chi connectivity index (χ4v) is 3.26. The molecule has 0 saturated heterocycles. The highest BCUT2D eigenvalue weighted by Crippen LogP contribution is 2.26. The molecule has 2 aromatic rings. The Morgan fingerprint density at radius 1 is 1.14 bits per heavy atom. The molecular formula is C21H25FN2O4. The van der Waals surface area contributed by atoms with Crippen LogP contribution in [0.1, 0.15) is 42.5 Å². The van der Waals surface area contributed by atoms with Crippen LogP contribution in [0.5, 0.6) is 5.75 Å². The SMILES string of the molecule is CC(C)(C)C(O)Cc1cc(=O)c(O)c2n1CCN(Cc1ccc(F)cc1)C2=O. The van der Waals surface area contributed by atoms with Crippen molar-refractivity contribution in [2.45, 2.75) is 46.4 Å². The van der Waals surface area contributed by atoms with Gasteiger partial charge in [-0.15, -0.1) is 0 Å². The van der Waals surface area contributed by atoms with Crippen molar-refractivity contribution in [1.29, 1.82) is 0 Å². The highest BCUT2D eigenvalue weighted by molar-refractivity contribution is 5.95. The van der Waals surface area contributed by atoms with Gasteiger partial charge in [-0.2, -0.15) is 0 Å². The van der Waals surface area contributed by atoms with Crippen molar-refractivity contribution in [2.24, 2.45) is 5.41 Å². The summed E-state index contributed by atoms with van der Waals surface area (Å²) >= 11 is 0. The van der Waals surface area contributed by atoms with E-state index in [1.807, 2.05) is 20.8 Å². The van der Waals surface area contributed by atoms with Gasteiger partial charge >= 0.3 is 0 Å². The zero-order chi connectivity index (χ0) is 20.6. The van der Waals surface area contributed by atoms with Crippen LogP contribution in [-0.2, 0) is 19.5 Å². The van der Waals surface area contributed by atoms with Crippen LogP contribution in [0.4, 0.5) is 4.39 Å². The highest BCUT2D eigenvalue weighted by Gasteiger charge is 2.31. The minimum atomic E-state index is -0.708. The van der Waals surface area contributed by atoms with Crippen LogP contribution in [0.25, 0.3) is 0 Å². The fourth-order valence-electron chi connectivity index (χ4n) is 3.26. The van der Waals surface area contributed by atoms with E-state index in [4.69, 9.17) is 0 Å². The first-order valence-corrected chi connectivity index (χ1v) is 9.25. The molecule has 1 amide bonds. The summed E-state index contributed by atoms with van der Waals surface area (Å²) in [4.78, 5) is 26.7. The van der Waals surface area contributed by atoms with Gasteiger partial charge in [0.05, 0.1) is 6.10 Å². The largest absolute Gasteiger partial charge is 0.503 e. The van der Waals surface area contributed by atoms with Gasteiger partial charge in [0.15, 0.2) is 11.4 Å². The van der Waals surface area contributed by atoms with Gasteiger partial charge in [0.2, 0.25) is 5.43 Å². The molecule has 7 heteroatoms. The Morgan fingerprint density at radius 3 is 2.39 bits per heavy atom. The maximum atomic E-state index is 13.1. The predicted octanol–water partition coefficient (Wildman–Crippen LogP) is 2.30. The molecule has 0 saturated carbocycles. The normalized spacial score (nSPS) is 15.5. The third-order valence-corrected chi connectivity index (χ3v) is 5.14. The van der Waals surface area contributed by atoms with Gasteiger partial charge in [-0.05, 0) is 23.1 Å². The molecule has 1 aliphatic heterocycles. The number of amides is 1. The summed E-state index contributed by atoms with van der Waals surface area (Å²) in [5.41, 5.74) is 0.192. The molecular weight excluding hydrogens is 363 g/mol. The van der Waals surface area contributed by atoms with Crippen LogP contribution in [-0.4, -0.2) is 38.2 Å². The number of pyridine rings is 1. The summed E-state index contributed by atoms with van der Waals surface area (Å²) in [5.74, 6) is -1.40. The van der Waals surface area contributed by atoms with Gasteiger partial charge in [-0.25, -0.2) is 4.39 Å². The quantitative estimate of drug-likeness (QED) is 0.842. The van der Waals surface area contributed by atoms with E-state index in [-0.39, 0.29) is 29.9 Å². The van der Waals surface area contributed by atoms with Gasteiger partial charge < -0.3 is 19.7 Å². The summed E-state index contributed by atoms with van der Waals surface area (Å²) in [5, 5.41) is 20.7. The van der Waals surface area contributed by atoms with E-state index in [0.29, 0.717) is 18.8 Å². The Morgan fingerprint density at radius 2 is 1.79 bits per heavy atom. The number of aromatic nitrogens is 1. The van der Waals surface area contributed by atoms with E-state index in [1.165, 1.54) is 23.1 Å². The number of halogens is 1. The lowest BCUT2D eigenvalue weighted by molar-refractivity contribution is 0.0590. The zero-order valence-electron chi connectivity index (χ0n) is 16.3. The Hall–Kier alpha value is -2.67. The molecule has 3 rings (SSSR count). The van der Waals surface area contributed by atoms with E-state index in [9.17, 15) is 24.2 Å². The maximum Gasteiger partial charge on any atom is 0.274 e. The Bertz CT molecular complexity index is 945. The lowest BCUT2D eigenvalue weighted by atomic mass is 9.86. The highest BCUT2D eigenvalue weighted by atomic mass is 19.1. The van der Waals surface area contributed by atoms with Gasteiger partial charge in [-0.3, -0.25) is 9.59 Å². The second-order valence-corrected chi connectivity index (χ2v) is 8.29. The maximum absolute atomic E-state index is 13.1. The molecule has 150 valence electrons. The molecule has 0 aliphatic carbocycles. The standard InChI is InChI=1S/C21H25FN2O4/c1-21(2,3)17(26)11-15-10-16(25)19(27)18-20(28)23(8-9-24(15)18)12-13-4-6-14(22)7-5-13/h4-7,10,17,26-27H,8-9,11-12H2,1-3H3. The first kappa shape index (κ1) is 20.1. The lowest BCUT2D eigenvalue weighted by Crippen LogP contribution is -2.42. The molecule has 1 unspecified atom stereocenters. The summed E-state index contributed by atoms with van der Waals surface area (Å²) in [6.45, 7) is 6.70. The lowest BCUT2D eigenvalue weighted by Gasteiger charge is -2.33. The van der Waals surface area contributed by atoms with Crippen LogP contribution in [0.2, 0.25) is 0 Å². The van der Waals surface area contributed by atoms with Gasteiger partial charge in [0.1, 0.15) is 5.82 Å². The number of carbonyl (C=O) groups excluding carboxylic acids is 1. The topological polar surface area (TPSA) is 82.8 Å². The molecule has 0 spiro atoms. The summed E-state index contributed by atoms with van der Waals surface area (Å²) in [6, 6.07) is 7.13. The summed E-state index contributed by atoms with van der Waals surface area (Å²) in [7, 11) is 0. The van der Waals surface area contributed by atoms with Crippen LogP contribution in [0.15, 0.2) is 35.1 Å². The molecule has 1 aliphatic rings. The van der Waals surface area contributed by atoms with E-state index in [2.05, 4.69) is 0 Å². The smallest absolute Gasteiger partial charge is 0.274 e. The van der Waals surface area contributed by atoms with E-state index < -0.39 is 23.2 Å². The first-order valence-electron chi connectivity index (χ1n) is 9.25. The van der Waals surface area contributed by atoms with E-state index in [1.54, 1.807) is 16.7 Å². The van der Waals surface area contributed by atoms with E-state index in [0.717, 1.165) is 5.56 Å². The Balaban J connectivity index is 1.93. The van der Waals surface area contributed by atoms with Crippen LogP contribution < -0.4 is 5.43 Å². The number of aromatic hydroxyl groups is 1. The Kier molecular flexibility index (Phi) is 5.30. The molecule has 0 radical (unpaired) electrons. The average molecular weight is 388 g/mol. The molecule has 1 aromatic carbocycles. The molecule has 0 bridgehead atoms. The number of rotatable bonds is 4. The van der Waals surface area contributed by atoms with Crippen LogP contribution in [0.3, 0.4) is 0 Å². The monoisotopic (exact) mass is 388 g/mol. The first-order chi connectivity index (χ1) is 13.1. The minimum absolute atomic E-state index is 0.0584. The zero-order valence-corrected chi connectivity index (χ0v) is 16.3. The molecule has 2 heterocycles. The van der Waals surface area contributed by atoms with E-state index >= 15 is 0 Å². The third-order valence-electron chi connectivity index (χ3n) is 5.14. The number of aliphatic hydroxyl groups excluding tert-OH is 1. The van der Waals surface area contributed by atoms with Gasteiger partial charge in [0, 0.05) is 37.8 Å². The Labute approximate surface area is 162 Å². The third kappa shape index (κ3) is 3.94. The molecule has 28 heavy (non-hydrogen) atoms. The fraction of sp³-hybridized carbons (Fsp3) is 0.429. The van der Waals surface area contributed by atoms with Crippen molar-refractivity contribution in [3.8, 4) is 5.75 Å². The van der Waals surface area contributed by atoms with Crippen molar-refractivity contribution >= 4 is 5.91 Å². The molecule has 1 aromatic heterocycles. The molecule has 0 fully saturated rings. The van der Waals surface area contributed by atoms with Crippen molar-refractivity contribution in [2.75, 3.05) is 6.54 Å². The molecule has 2 N–H and O–H groups in total. The van der Waals surface area contributed by atoms with Crippen molar-refractivity contribution in [1.82, 2.24) is 9.47 Å². The predicted molar refractivity (Wildman–Crippen MR) is 103 cm³/mol. The number of benzene rings is 1. The molecule has 6 nitrogen and oxygen atoms in total. The number of fused-ring (bicyclic) bond motifs is 1. The number of hydrogen-bond acceptors (Lipinski definition) is 4. The second-order valence-electron chi connectivity index (χ2n) is 8.29. The van der Waals surface area contributed by atoms with Crippen molar-refractivity contribution in [3.05, 3.63) is 63.3 Å². The number of hydrogen-bond donors (Lipinski definition) is 2. The summed E-state index contributed by atoms with van der Waals surface area (Å²) in [6.07, 6.45) is -0.502. The molecule has 1 atom stereocenters. The van der Waals surface area contributed by atoms with Crippen LogP contribution in [0, 0.1) is 11.2 Å².